The van der Waals surface area contributed by atoms with Gasteiger partial charge in [0.2, 0.25) is 5.12 Å². The zero-order chi connectivity index (χ0) is 9.97. The van der Waals surface area contributed by atoms with Crippen LogP contribution in [0.2, 0.25) is 0 Å². The predicted molar refractivity (Wildman–Crippen MR) is 57.7 cm³/mol. The summed E-state index contributed by atoms with van der Waals surface area (Å²) in [6.07, 6.45) is 0.751. The fourth-order valence-corrected chi connectivity index (χ4v) is 2.82. The highest BCUT2D eigenvalue weighted by Crippen LogP contribution is 2.20. The molecule has 0 saturated carbocycles. The molecule has 0 bridgehead atoms. The number of hydrogen-bond acceptors (Lipinski definition) is 4. The van der Waals surface area contributed by atoms with E-state index in [1.807, 2.05) is 11.4 Å². The molecular formula is C9H9NO2S2. The molecule has 74 valence electrons. The van der Waals surface area contributed by atoms with E-state index in [0.29, 0.717) is 4.88 Å². The number of hydrogen-bond donors (Lipinski definition) is 1. The van der Waals surface area contributed by atoms with E-state index in [1.165, 1.54) is 23.1 Å². The third-order valence-electron chi connectivity index (χ3n) is 1.99. The number of carbonyl (C=O) groups is 2. The average Bonchev–Trinajstić information content (AvgIpc) is 2.77. The summed E-state index contributed by atoms with van der Waals surface area (Å²) in [5.41, 5.74) is 0. The number of thioether (sulfide) groups is 1. The SMILES string of the molecule is O=C(N[C@H]1CCSC1=O)c1cccs1. The van der Waals surface area contributed by atoms with Crippen molar-refractivity contribution in [2.75, 3.05) is 5.75 Å². The van der Waals surface area contributed by atoms with Crippen molar-refractivity contribution in [1.29, 1.82) is 0 Å². The van der Waals surface area contributed by atoms with E-state index in [0.717, 1.165) is 12.2 Å². The van der Waals surface area contributed by atoms with Gasteiger partial charge < -0.3 is 5.32 Å². The van der Waals surface area contributed by atoms with Crippen molar-refractivity contribution in [3.8, 4) is 0 Å². The van der Waals surface area contributed by atoms with Crippen LogP contribution in [0.3, 0.4) is 0 Å². The van der Waals surface area contributed by atoms with Crippen LogP contribution in [0.1, 0.15) is 16.1 Å². The molecule has 0 spiro atoms. The zero-order valence-corrected chi connectivity index (χ0v) is 8.99. The molecule has 1 aliphatic heterocycles. The lowest BCUT2D eigenvalue weighted by atomic mass is 10.2. The maximum Gasteiger partial charge on any atom is 0.261 e. The second-order valence-electron chi connectivity index (χ2n) is 2.96. The molecule has 0 aliphatic carbocycles. The van der Waals surface area contributed by atoms with Gasteiger partial charge in [0, 0.05) is 5.75 Å². The summed E-state index contributed by atoms with van der Waals surface area (Å²) in [7, 11) is 0. The van der Waals surface area contributed by atoms with Crippen LogP contribution in [0.15, 0.2) is 17.5 Å². The van der Waals surface area contributed by atoms with Gasteiger partial charge in [-0.05, 0) is 17.9 Å². The Kier molecular flexibility index (Phi) is 2.88. The standard InChI is InChI=1S/C9H9NO2S2/c11-8(7-2-1-4-13-7)10-6-3-5-14-9(6)12/h1-2,4,6H,3,5H2,(H,10,11)/t6-/m0/s1. The van der Waals surface area contributed by atoms with E-state index in [1.54, 1.807) is 6.07 Å². The first-order valence-corrected chi connectivity index (χ1v) is 6.15. The molecule has 0 aromatic carbocycles. The van der Waals surface area contributed by atoms with E-state index in [9.17, 15) is 9.59 Å². The highest BCUT2D eigenvalue weighted by Gasteiger charge is 2.27. The van der Waals surface area contributed by atoms with Crippen molar-refractivity contribution in [2.45, 2.75) is 12.5 Å². The van der Waals surface area contributed by atoms with Crippen molar-refractivity contribution >= 4 is 34.1 Å². The number of amides is 1. The zero-order valence-electron chi connectivity index (χ0n) is 7.36. The normalized spacial score (nSPS) is 21.1. The summed E-state index contributed by atoms with van der Waals surface area (Å²) < 4.78 is 0. The highest BCUT2D eigenvalue weighted by molar-refractivity contribution is 8.14. The van der Waals surface area contributed by atoms with Gasteiger partial charge >= 0.3 is 0 Å². The minimum atomic E-state index is -0.283. The Morgan fingerprint density at radius 3 is 3.00 bits per heavy atom. The molecule has 14 heavy (non-hydrogen) atoms. The second-order valence-corrected chi connectivity index (χ2v) is 5.01. The van der Waals surface area contributed by atoms with Gasteiger partial charge in [-0.3, -0.25) is 9.59 Å². The average molecular weight is 227 g/mol. The molecule has 1 atom stereocenters. The van der Waals surface area contributed by atoms with Gasteiger partial charge in [0.1, 0.15) is 0 Å². The molecule has 3 nitrogen and oxygen atoms in total. The minimum Gasteiger partial charge on any atom is -0.341 e. The Morgan fingerprint density at radius 2 is 2.43 bits per heavy atom. The van der Waals surface area contributed by atoms with Crippen LogP contribution in [0.25, 0.3) is 0 Å². The Labute approximate surface area is 89.9 Å². The van der Waals surface area contributed by atoms with Crippen LogP contribution >= 0.6 is 23.1 Å². The maximum atomic E-state index is 11.5. The molecule has 1 amide bonds. The Morgan fingerprint density at radius 1 is 1.57 bits per heavy atom. The van der Waals surface area contributed by atoms with E-state index in [2.05, 4.69) is 5.32 Å². The molecule has 0 radical (unpaired) electrons. The monoisotopic (exact) mass is 227 g/mol. The lowest BCUT2D eigenvalue weighted by Gasteiger charge is -2.08. The van der Waals surface area contributed by atoms with Gasteiger partial charge in [0.25, 0.3) is 5.91 Å². The summed E-state index contributed by atoms with van der Waals surface area (Å²) in [6, 6.07) is 3.30. The number of nitrogens with one attached hydrogen (secondary N) is 1. The van der Waals surface area contributed by atoms with Crippen molar-refractivity contribution < 1.29 is 9.59 Å². The molecule has 1 aliphatic rings. The smallest absolute Gasteiger partial charge is 0.261 e. The van der Waals surface area contributed by atoms with Crippen LogP contribution < -0.4 is 5.32 Å². The first-order valence-electron chi connectivity index (χ1n) is 4.28. The molecule has 5 heteroatoms. The molecule has 1 aromatic rings. The first-order chi connectivity index (χ1) is 6.77. The van der Waals surface area contributed by atoms with Crippen LogP contribution in [0.5, 0.6) is 0 Å². The van der Waals surface area contributed by atoms with E-state index in [-0.39, 0.29) is 17.1 Å². The summed E-state index contributed by atoms with van der Waals surface area (Å²) in [6.45, 7) is 0. The molecule has 1 saturated heterocycles. The van der Waals surface area contributed by atoms with Crippen molar-refractivity contribution in [1.82, 2.24) is 5.32 Å². The van der Waals surface area contributed by atoms with E-state index < -0.39 is 0 Å². The predicted octanol–water partition coefficient (Wildman–Crippen LogP) is 1.51. The largest absolute Gasteiger partial charge is 0.341 e. The van der Waals surface area contributed by atoms with E-state index >= 15 is 0 Å². The summed E-state index contributed by atoms with van der Waals surface area (Å²) in [5.74, 6) is 0.676. The van der Waals surface area contributed by atoms with Crippen LogP contribution in [-0.4, -0.2) is 22.8 Å². The number of thiophene rings is 1. The van der Waals surface area contributed by atoms with Crippen LogP contribution in [0, 0.1) is 0 Å². The third-order valence-corrected chi connectivity index (χ3v) is 3.86. The molecule has 2 rings (SSSR count). The molecule has 1 aromatic heterocycles. The Balaban J connectivity index is 1.98. The van der Waals surface area contributed by atoms with Crippen molar-refractivity contribution in [2.24, 2.45) is 0 Å². The second kappa shape index (κ2) is 4.14. The van der Waals surface area contributed by atoms with Gasteiger partial charge in [0.15, 0.2) is 0 Å². The summed E-state index contributed by atoms with van der Waals surface area (Å²) in [4.78, 5) is 23.4. The fraction of sp³-hybridized carbons (Fsp3) is 0.333. The van der Waals surface area contributed by atoms with Gasteiger partial charge in [-0.2, -0.15) is 0 Å². The van der Waals surface area contributed by atoms with Crippen molar-refractivity contribution in [3.63, 3.8) is 0 Å². The van der Waals surface area contributed by atoms with Gasteiger partial charge in [-0.1, -0.05) is 17.8 Å². The van der Waals surface area contributed by atoms with Gasteiger partial charge in [-0.15, -0.1) is 11.3 Å². The molecule has 0 unspecified atom stereocenters. The number of carbonyl (C=O) groups excluding carboxylic acids is 2. The first kappa shape index (κ1) is 9.73. The van der Waals surface area contributed by atoms with E-state index in [4.69, 9.17) is 0 Å². The lowest BCUT2D eigenvalue weighted by Crippen LogP contribution is -2.36. The molecule has 1 fully saturated rings. The summed E-state index contributed by atoms with van der Waals surface area (Å²) >= 11 is 2.68. The lowest BCUT2D eigenvalue weighted by molar-refractivity contribution is -0.112. The van der Waals surface area contributed by atoms with Crippen LogP contribution in [-0.2, 0) is 4.79 Å². The topological polar surface area (TPSA) is 46.2 Å². The Bertz CT molecular complexity index is 348. The van der Waals surface area contributed by atoms with Gasteiger partial charge in [-0.25, -0.2) is 0 Å². The Hall–Kier alpha value is -0.810. The maximum absolute atomic E-state index is 11.5. The third kappa shape index (κ3) is 1.99. The fourth-order valence-electron chi connectivity index (χ4n) is 1.26. The minimum absolute atomic E-state index is 0.0786. The molecule has 1 N–H and O–H groups in total. The van der Waals surface area contributed by atoms with Crippen molar-refractivity contribution in [3.05, 3.63) is 22.4 Å². The number of rotatable bonds is 2. The quantitative estimate of drug-likeness (QED) is 0.833. The summed E-state index contributed by atoms with van der Waals surface area (Å²) in [5, 5.41) is 4.66. The molecule has 2 heterocycles. The highest BCUT2D eigenvalue weighted by atomic mass is 32.2. The molecular weight excluding hydrogens is 218 g/mol. The van der Waals surface area contributed by atoms with Crippen LogP contribution in [0.4, 0.5) is 0 Å². The van der Waals surface area contributed by atoms with Gasteiger partial charge in [0.05, 0.1) is 10.9 Å².